The second-order valence-corrected chi connectivity index (χ2v) is 5.36. The molecule has 20 heavy (non-hydrogen) atoms. The summed E-state index contributed by atoms with van der Waals surface area (Å²) < 4.78 is 13.5. The highest BCUT2D eigenvalue weighted by molar-refractivity contribution is 5.73. The number of halogens is 1. The summed E-state index contributed by atoms with van der Waals surface area (Å²) in [5.41, 5.74) is 10.3. The van der Waals surface area contributed by atoms with Crippen LogP contribution >= 0.6 is 0 Å². The molecule has 104 valence electrons. The second-order valence-electron chi connectivity index (χ2n) is 5.36. The lowest BCUT2D eigenvalue weighted by Gasteiger charge is -2.27. The summed E-state index contributed by atoms with van der Waals surface area (Å²) in [5, 5.41) is 0. The van der Waals surface area contributed by atoms with Crippen LogP contribution in [0.4, 0.5) is 15.8 Å². The van der Waals surface area contributed by atoms with E-state index in [1.54, 1.807) is 6.07 Å². The van der Waals surface area contributed by atoms with E-state index >= 15 is 0 Å². The van der Waals surface area contributed by atoms with Crippen LogP contribution < -0.4 is 10.6 Å². The molecule has 1 atom stereocenters. The number of nitrogens with two attached hydrogens (primary N) is 1. The Balaban J connectivity index is 2.09. The molecule has 0 bridgehead atoms. The van der Waals surface area contributed by atoms with Gasteiger partial charge in [-0.2, -0.15) is 0 Å². The highest BCUT2D eigenvalue weighted by atomic mass is 19.1. The minimum atomic E-state index is -0.197. The molecule has 0 saturated carbocycles. The van der Waals surface area contributed by atoms with Crippen molar-refractivity contribution in [2.75, 3.05) is 11.4 Å². The Hall–Kier alpha value is -1.87. The van der Waals surface area contributed by atoms with E-state index in [1.807, 2.05) is 6.07 Å². The fourth-order valence-electron chi connectivity index (χ4n) is 3.08. The van der Waals surface area contributed by atoms with E-state index in [4.69, 9.17) is 5.73 Å². The molecule has 2 aromatic rings. The monoisotopic (exact) mass is 270 g/mol. The number of fused-ring (bicyclic) bond motifs is 1. The Kier molecular flexibility index (Phi) is 3.45. The zero-order valence-electron chi connectivity index (χ0n) is 11.6. The normalized spacial score (nSPS) is 17.4. The fourth-order valence-corrected chi connectivity index (χ4v) is 3.08. The Bertz CT molecular complexity index is 624. The van der Waals surface area contributed by atoms with E-state index in [0.717, 1.165) is 17.7 Å². The molecule has 3 heteroatoms. The largest absolute Gasteiger partial charge is 0.338 e. The first-order valence-electron chi connectivity index (χ1n) is 7.06. The predicted molar refractivity (Wildman–Crippen MR) is 80.9 cm³/mol. The van der Waals surface area contributed by atoms with E-state index in [-0.39, 0.29) is 5.82 Å². The molecular formula is C17H19FN2. The van der Waals surface area contributed by atoms with E-state index < -0.39 is 0 Å². The number of anilines is 2. The van der Waals surface area contributed by atoms with E-state index in [2.05, 4.69) is 36.1 Å². The smallest absolute Gasteiger partial charge is 0.123 e. The Morgan fingerprint density at radius 1 is 1.20 bits per heavy atom. The van der Waals surface area contributed by atoms with Crippen LogP contribution in [-0.4, -0.2) is 12.6 Å². The van der Waals surface area contributed by atoms with Crippen molar-refractivity contribution in [2.24, 2.45) is 5.73 Å². The summed E-state index contributed by atoms with van der Waals surface area (Å²) in [4.78, 5) is 2.31. The zero-order valence-corrected chi connectivity index (χ0v) is 11.6. The van der Waals surface area contributed by atoms with Crippen molar-refractivity contribution in [3.63, 3.8) is 0 Å². The van der Waals surface area contributed by atoms with Crippen molar-refractivity contribution >= 4 is 11.4 Å². The molecule has 0 aromatic heterocycles. The SMILES string of the molecule is CC1Cc2ccccc2N1c1ccc(F)cc1CCN. The van der Waals surface area contributed by atoms with Crippen molar-refractivity contribution in [1.29, 1.82) is 0 Å². The van der Waals surface area contributed by atoms with Gasteiger partial charge in [0.15, 0.2) is 0 Å². The van der Waals surface area contributed by atoms with Crippen molar-refractivity contribution in [3.8, 4) is 0 Å². The first kappa shape index (κ1) is 13.1. The van der Waals surface area contributed by atoms with Gasteiger partial charge in [-0.3, -0.25) is 0 Å². The van der Waals surface area contributed by atoms with E-state index in [9.17, 15) is 4.39 Å². The van der Waals surface area contributed by atoms with Gasteiger partial charge in [-0.05, 0) is 61.7 Å². The van der Waals surface area contributed by atoms with Gasteiger partial charge in [-0.25, -0.2) is 4.39 Å². The van der Waals surface area contributed by atoms with Gasteiger partial charge < -0.3 is 10.6 Å². The number of nitrogens with zero attached hydrogens (tertiary/aromatic N) is 1. The number of hydrogen-bond donors (Lipinski definition) is 1. The maximum Gasteiger partial charge on any atom is 0.123 e. The number of benzene rings is 2. The van der Waals surface area contributed by atoms with Gasteiger partial charge in [0.2, 0.25) is 0 Å². The first-order valence-corrected chi connectivity index (χ1v) is 7.06. The average molecular weight is 270 g/mol. The summed E-state index contributed by atoms with van der Waals surface area (Å²) >= 11 is 0. The maximum atomic E-state index is 13.5. The summed E-state index contributed by atoms with van der Waals surface area (Å²) in [6.07, 6.45) is 1.72. The predicted octanol–water partition coefficient (Wildman–Crippen LogP) is 3.41. The number of para-hydroxylation sites is 1. The van der Waals surface area contributed by atoms with Crippen LogP contribution in [0.3, 0.4) is 0 Å². The Morgan fingerprint density at radius 2 is 2.00 bits per heavy atom. The quantitative estimate of drug-likeness (QED) is 0.926. The molecule has 0 aliphatic carbocycles. The average Bonchev–Trinajstić information content (AvgIpc) is 2.76. The van der Waals surface area contributed by atoms with Gasteiger partial charge in [-0.1, -0.05) is 18.2 Å². The Labute approximate surface area is 119 Å². The minimum absolute atomic E-state index is 0.197. The summed E-state index contributed by atoms with van der Waals surface area (Å²) in [6.45, 7) is 2.73. The molecule has 2 N–H and O–H groups in total. The maximum absolute atomic E-state index is 13.5. The van der Waals surface area contributed by atoms with Crippen LogP contribution in [-0.2, 0) is 12.8 Å². The highest BCUT2D eigenvalue weighted by Crippen LogP contribution is 2.39. The van der Waals surface area contributed by atoms with E-state index in [0.29, 0.717) is 19.0 Å². The van der Waals surface area contributed by atoms with Gasteiger partial charge in [0.1, 0.15) is 5.82 Å². The number of rotatable bonds is 3. The van der Waals surface area contributed by atoms with Crippen LogP contribution in [0.2, 0.25) is 0 Å². The molecule has 1 heterocycles. The van der Waals surface area contributed by atoms with Gasteiger partial charge in [0.05, 0.1) is 0 Å². The molecule has 0 saturated heterocycles. The van der Waals surface area contributed by atoms with Crippen molar-refractivity contribution in [3.05, 3.63) is 59.4 Å². The molecule has 2 aromatic carbocycles. The standard InChI is InChI=1S/C17H19FN2/c1-12-10-13-4-2-3-5-16(13)20(12)17-7-6-15(18)11-14(17)8-9-19/h2-7,11-12H,8-10,19H2,1H3. The third-order valence-electron chi connectivity index (χ3n) is 3.92. The van der Waals surface area contributed by atoms with Gasteiger partial charge in [-0.15, -0.1) is 0 Å². The molecular weight excluding hydrogens is 251 g/mol. The Morgan fingerprint density at radius 3 is 2.80 bits per heavy atom. The molecule has 0 spiro atoms. The molecule has 2 nitrogen and oxygen atoms in total. The third kappa shape index (κ3) is 2.18. The fraction of sp³-hybridized carbons (Fsp3) is 0.294. The summed E-state index contributed by atoms with van der Waals surface area (Å²) in [6, 6.07) is 13.8. The lowest BCUT2D eigenvalue weighted by atomic mass is 10.1. The lowest BCUT2D eigenvalue weighted by molar-refractivity contribution is 0.624. The van der Waals surface area contributed by atoms with Crippen LogP contribution in [0.5, 0.6) is 0 Å². The highest BCUT2D eigenvalue weighted by Gasteiger charge is 2.28. The summed E-state index contributed by atoms with van der Waals surface area (Å²) in [7, 11) is 0. The van der Waals surface area contributed by atoms with E-state index in [1.165, 1.54) is 17.3 Å². The van der Waals surface area contributed by atoms with Gasteiger partial charge in [0.25, 0.3) is 0 Å². The molecule has 0 radical (unpaired) electrons. The van der Waals surface area contributed by atoms with Crippen LogP contribution in [0.15, 0.2) is 42.5 Å². The van der Waals surface area contributed by atoms with Crippen molar-refractivity contribution < 1.29 is 4.39 Å². The van der Waals surface area contributed by atoms with Gasteiger partial charge in [0, 0.05) is 17.4 Å². The number of hydrogen-bond acceptors (Lipinski definition) is 2. The molecule has 1 unspecified atom stereocenters. The third-order valence-corrected chi connectivity index (χ3v) is 3.92. The molecule has 3 rings (SSSR count). The topological polar surface area (TPSA) is 29.3 Å². The molecule has 1 aliphatic rings. The van der Waals surface area contributed by atoms with Crippen LogP contribution in [0.25, 0.3) is 0 Å². The molecule has 1 aliphatic heterocycles. The van der Waals surface area contributed by atoms with Crippen molar-refractivity contribution in [1.82, 2.24) is 0 Å². The zero-order chi connectivity index (χ0) is 14.1. The first-order chi connectivity index (χ1) is 9.70. The van der Waals surface area contributed by atoms with Crippen LogP contribution in [0.1, 0.15) is 18.1 Å². The van der Waals surface area contributed by atoms with Gasteiger partial charge >= 0.3 is 0 Å². The lowest BCUT2D eigenvalue weighted by Crippen LogP contribution is -2.25. The molecule has 0 amide bonds. The van der Waals surface area contributed by atoms with Crippen LogP contribution in [0, 0.1) is 5.82 Å². The second kappa shape index (κ2) is 5.25. The van der Waals surface area contributed by atoms with Crippen molar-refractivity contribution in [2.45, 2.75) is 25.8 Å². The molecule has 0 fully saturated rings. The summed E-state index contributed by atoms with van der Waals surface area (Å²) in [5.74, 6) is -0.197. The minimum Gasteiger partial charge on any atom is -0.338 e.